The Labute approximate surface area is 61.9 Å². The summed E-state index contributed by atoms with van der Waals surface area (Å²) in [5.41, 5.74) is 5.74. The predicted octanol–water partition coefficient (Wildman–Crippen LogP) is -0.289. The number of hydrogen-bond acceptors (Lipinski definition) is 3. The van der Waals surface area contributed by atoms with Gasteiger partial charge in [-0.1, -0.05) is 0 Å². The van der Waals surface area contributed by atoms with E-state index in [1.807, 2.05) is 13.8 Å². The molecule has 1 aliphatic rings. The normalized spacial score (nSPS) is 33.6. The Balaban J connectivity index is 2.26. The van der Waals surface area contributed by atoms with Gasteiger partial charge in [-0.2, -0.15) is 0 Å². The van der Waals surface area contributed by atoms with Gasteiger partial charge >= 0.3 is 0 Å². The molecule has 1 saturated heterocycles. The van der Waals surface area contributed by atoms with Crippen LogP contribution in [0.15, 0.2) is 0 Å². The average molecular weight is 144 g/mol. The lowest BCUT2D eigenvalue weighted by Crippen LogP contribution is -2.36. The van der Waals surface area contributed by atoms with Crippen molar-refractivity contribution in [1.29, 1.82) is 0 Å². The zero-order chi connectivity index (χ0) is 7.56. The predicted molar refractivity (Wildman–Crippen MR) is 40.9 cm³/mol. The summed E-state index contributed by atoms with van der Waals surface area (Å²) in [6.45, 7) is 5.85. The van der Waals surface area contributed by atoms with Crippen molar-refractivity contribution in [2.45, 2.75) is 32.1 Å². The van der Waals surface area contributed by atoms with Gasteiger partial charge in [-0.25, -0.2) is 0 Å². The van der Waals surface area contributed by atoms with Gasteiger partial charge in [0.15, 0.2) is 0 Å². The molecule has 0 spiro atoms. The first kappa shape index (κ1) is 7.98. The third-order valence-electron chi connectivity index (χ3n) is 1.65. The van der Waals surface area contributed by atoms with Gasteiger partial charge < -0.3 is 15.8 Å². The highest BCUT2D eigenvalue weighted by Gasteiger charge is 2.24. The molecule has 1 rings (SSSR count). The van der Waals surface area contributed by atoms with E-state index < -0.39 is 0 Å². The SMILES string of the molecule is CC(C)OC1CNCC1N. The lowest BCUT2D eigenvalue weighted by molar-refractivity contribution is 0.0119. The molecule has 0 aromatic rings. The van der Waals surface area contributed by atoms with Crippen molar-refractivity contribution in [1.82, 2.24) is 5.32 Å². The van der Waals surface area contributed by atoms with Crippen LogP contribution in [-0.4, -0.2) is 31.3 Å². The number of hydrogen-bond donors (Lipinski definition) is 2. The summed E-state index contributed by atoms with van der Waals surface area (Å²) < 4.78 is 5.54. The van der Waals surface area contributed by atoms with Crippen molar-refractivity contribution in [3.8, 4) is 0 Å². The van der Waals surface area contributed by atoms with Crippen LogP contribution < -0.4 is 11.1 Å². The van der Waals surface area contributed by atoms with Crippen LogP contribution in [0, 0.1) is 0 Å². The molecular weight excluding hydrogens is 128 g/mol. The van der Waals surface area contributed by atoms with E-state index >= 15 is 0 Å². The van der Waals surface area contributed by atoms with E-state index in [2.05, 4.69) is 5.32 Å². The van der Waals surface area contributed by atoms with E-state index in [4.69, 9.17) is 10.5 Å². The quantitative estimate of drug-likeness (QED) is 0.560. The van der Waals surface area contributed by atoms with E-state index in [1.165, 1.54) is 0 Å². The summed E-state index contributed by atoms with van der Waals surface area (Å²) in [4.78, 5) is 0. The maximum absolute atomic E-state index is 5.74. The summed E-state index contributed by atoms with van der Waals surface area (Å²) in [6.07, 6.45) is 0.510. The van der Waals surface area contributed by atoms with E-state index in [0.717, 1.165) is 13.1 Å². The second-order valence-electron chi connectivity index (χ2n) is 3.05. The first-order valence-electron chi connectivity index (χ1n) is 3.82. The molecule has 2 atom stereocenters. The molecular formula is C7H16N2O. The largest absolute Gasteiger partial charge is 0.373 e. The first-order chi connectivity index (χ1) is 4.70. The topological polar surface area (TPSA) is 47.3 Å². The summed E-state index contributed by atoms with van der Waals surface area (Å²) in [5, 5.41) is 3.18. The number of nitrogens with one attached hydrogen (secondary N) is 1. The van der Waals surface area contributed by atoms with Gasteiger partial charge in [0, 0.05) is 19.1 Å². The highest BCUT2D eigenvalue weighted by molar-refractivity contribution is 4.85. The Kier molecular flexibility index (Phi) is 2.65. The van der Waals surface area contributed by atoms with Crippen molar-refractivity contribution in [3.05, 3.63) is 0 Å². The van der Waals surface area contributed by atoms with E-state index in [-0.39, 0.29) is 18.2 Å². The summed E-state index contributed by atoms with van der Waals surface area (Å²) in [6, 6.07) is 0.183. The molecule has 1 aliphatic heterocycles. The molecule has 60 valence electrons. The van der Waals surface area contributed by atoms with E-state index in [9.17, 15) is 0 Å². The van der Waals surface area contributed by atoms with Crippen LogP contribution in [0.25, 0.3) is 0 Å². The maximum Gasteiger partial charge on any atom is 0.0865 e. The molecule has 3 nitrogen and oxygen atoms in total. The third kappa shape index (κ3) is 1.94. The van der Waals surface area contributed by atoms with Crippen molar-refractivity contribution < 1.29 is 4.74 Å². The van der Waals surface area contributed by atoms with Crippen molar-refractivity contribution in [3.63, 3.8) is 0 Å². The molecule has 0 aromatic carbocycles. The Morgan fingerprint density at radius 1 is 1.50 bits per heavy atom. The highest BCUT2D eigenvalue weighted by atomic mass is 16.5. The maximum atomic E-state index is 5.74. The number of nitrogens with two attached hydrogens (primary N) is 1. The van der Waals surface area contributed by atoms with Crippen LogP contribution in [0.5, 0.6) is 0 Å². The van der Waals surface area contributed by atoms with Crippen LogP contribution in [0.4, 0.5) is 0 Å². The van der Waals surface area contributed by atoms with E-state index in [1.54, 1.807) is 0 Å². The first-order valence-corrected chi connectivity index (χ1v) is 3.82. The fraction of sp³-hybridized carbons (Fsp3) is 1.00. The van der Waals surface area contributed by atoms with Crippen LogP contribution in [0.3, 0.4) is 0 Å². The molecule has 0 aliphatic carbocycles. The minimum atomic E-state index is 0.183. The Hall–Kier alpha value is -0.120. The van der Waals surface area contributed by atoms with Crippen LogP contribution >= 0.6 is 0 Å². The summed E-state index contributed by atoms with van der Waals surface area (Å²) in [7, 11) is 0. The minimum Gasteiger partial charge on any atom is -0.373 e. The van der Waals surface area contributed by atoms with Gasteiger partial charge in [0.1, 0.15) is 0 Å². The number of rotatable bonds is 2. The second-order valence-corrected chi connectivity index (χ2v) is 3.05. The molecule has 1 heterocycles. The van der Waals surface area contributed by atoms with Gasteiger partial charge in [-0.05, 0) is 13.8 Å². The van der Waals surface area contributed by atoms with Crippen molar-refractivity contribution >= 4 is 0 Å². The molecule has 2 unspecified atom stereocenters. The van der Waals surface area contributed by atoms with Gasteiger partial charge in [-0.15, -0.1) is 0 Å². The Morgan fingerprint density at radius 3 is 2.60 bits per heavy atom. The molecule has 1 fully saturated rings. The second kappa shape index (κ2) is 3.32. The zero-order valence-electron chi connectivity index (χ0n) is 6.63. The van der Waals surface area contributed by atoms with Crippen molar-refractivity contribution in [2.24, 2.45) is 5.73 Å². The third-order valence-corrected chi connectivity index (χ3v) is 1.65. The van der Waals surface area contributed by atoms with Gasteiger partial charge in [-0.3, -0.25) is 0 Å². The smallest absolute Gasteiger partial charge is 0.0865 e. The Bertz CT molecular complexity index is 106. The lowest BCUT2D eigenvalue weighted by Gasteiger charge is -2.17. The fourth-order valence-electron chi connectivity index (χ4n) is 1.17. The Morgan fingerprint density at radius 2 is 2.20 bits per heavy atom. The average Bonchev–Trinajstić information content (AvgIpc) is 2.15. The monoisotopic (exact) mass is 144 g/mol. The van der Waals surface area contributed by atoms with Gasteiger partial charge in [0.25, 0.3) is 0 Å². The van der Waals surface area contributed by atoms with Crippen LogP contribution in [-0.2, 0) is 4.74 Å². The standard InChI is InChI=1S/C7H16N2O/c1-5(2)10-7-4-9-3-6(7)8/h5-7,9H,3-4,8H2,1-2H3. The van der Waals surface area contributed by atoms with Gasteiger partial charge in [0.05, 0.1) is 12.2 Å². The molecule has 10 heavy (non-hydrogen) atoms. The summed E-state index contributed by atoms with van der Waals surface area (Å²) in [5.74, 6) is 0. The molecule has 0 saturated carbocycles. The lowest BCUT2D eigenvalue weighted by atomic mass is 10.2. The molecule has 0 radical (unpaired) electrons. The molecule has 0 aromatic heterocycles. The summed E-state index contributed by atoms with van der Waals surface area (Å²) >= 11 is 0. The van der Waals surface area contributed by atoms with Crippen molar-refractivity contribution in [2.75, 3.05) is 13.1 Å². The van der Waals surface area contributed by atoms with Crippen LogP contribution in [0.1, 0.15) is 13.8 Å². The molecule has 3 N–H and O–H groups in total. The molecule has 3 heteroatoms. The zero-order valence-corrected chi connectivity index (χ0v) is 6.63. The number of ether oxygens (including phenoxy) is 1. The molecule has 0 amide bonds. The van der Waals surface area contributed by atoms with Crippen LogP contribution in [0.2, 0.25) is 0 Å². The highest BCUT2D eigenvalue weighted by Crippen LogP contribution is 2.04. The van der Waals surface area contributed by atoms with E-state index in [0.29, 0.717) is 0 Å². The minimum absolute atomic E-state index is 0.183. The van der Waals surface area contributed by atoms with Gasteiger partial charge in [0.2, 0.25) is 0 Å². The molecule has 0 bridgehead atoms. The fourth-order valence-corrected chi connectivity index (χ4v) is 1.17.